The van der Waals surface area contributed by atoms with E-state index in [1.54, 1.807) is 0 Å². The highest BCUT2D eigenvalue weighted by molar-refractivity contribution is 7.86. The van der Waals surface area contributed by atoms with Crippen LogP contribution in [0.2, 0.25) is 0 Å². The SMILES string of the molecule is CCN(CC)S(=O)(=O)N1CCC(OCCO)CC1. The smallest absolute Gasteiger partial charge is 0.281 e. The van der Waals surface area contributed by atoms with Crippen molar-refractivity contribution in [2.75, 3.05) is 39.4 Å². The highest BCUT2D eigenvalue weighted by atomic mass is 32.2. The molecule has 0 saturated carbocycles. The second-order valence-corrected chi connectivity index (χ2v) is 6.21. The first-order valence-corrected chi connectivity index (χ1v) is 7.93. The molecule has 0 amide bonds. The fourth-order valence-corrected chi connectivity index (χ4v) is 3.81. The van der Waals surface area contributed by atoms with Crippen molar-refractivity contribution in [3.63, 3.8) is 0 Å². The van der Waals surface area contributed by atoms with E-state index >= 15 is 0 Å². The van der Waals surface area contributed by atoms with Gasteiger partial charge in [0.15, 0.2) is 0 Å². The van der Waals surface area contributed by atoms with Gasteiger partial charge in [0.25, 0.3) is 10.2 Å². The zero-order valence-electron chi connectivity index (χ0n) is 11.2. The maximum absolute atomic E-state index is 12.2. The van der Waals surface area contributed by atoms with Crippen LogP contribution < -0.4 is 0 Å². The molecule has 1 N–H and O–H groups in total. The van der Waals surface area contributed by atoms with Crippen LogP contribution in [0.4, 0.5) is 0 Å². The molecule has 0 radical (unpaired) electrons. The van der Waals surface area contributed by atoms with E-state index in [2.05, 4.69) is 0 Å². The summed E-state index contributed by atoms with van der Waals surface area (Å²) in [6, 6.07) is 0. The van der Waals surface area contributed by atoms with Gasteiger partial charge in [-0.1, -0.05) is 13.8 Å². The molecule has 0 atom stereocenters. The Kier molecular flexibility index (Phi) is 6.51. The van der Waals surface area contributed by atoms with E-state index in [9.17, 15) is 8.42 Å². The Morgan fingerprint density at radius 1 is 1.28 bits per heavy atom. The molecule has 0 spiro atoms. The van der Waals surface area contributed by atoms with Crippen LogP contribution in [0, 0.1) is 0 Å². The molecule has 1 heterocycles. The summed E-state index contributed by atoms with van der Waals surface area (Å²) >= 11 is 0. The van der Waals surface area contributed by atoms with E-state index in [0.29, 0.717) is 45.6 Å². The average molecular weight is 280 g/mol. The van der Waals surface area contributed by atoms with Gasteiger partial charge >= 0.3 is 0 Å². The summed E-state index contributed by atoms with van der Waals surface area (Å²) in [5, 5.41) is 8.68. The van der Waals surface area contributed by atoms with Crippen LogP contribution >= 0.6 is 0 Å². The van der Waals surface area contributed by atoms with Gasteiger partial charge < -0.3 is 9.84 Å². The molecule has 0 aromatic rings. The lowest BCUT2D eigenvalue weighted by Gasteiger charge is -2.34. The van der Waals surface area contributed by atoms with Gasteiger partial charge in [0.2, 0.25) is 0 Å². The topological polar surface area (TPSA) is 70.1 Å². The highest BCUT2D eigenvalue weighted by Crippen LogP contribution is 2.18. The Hall–Kier alpha value is -0.210. The number of nitrogens with zero attached hydrogens (tertiary/aromatic N) is 2. The van der Waals surface area contributed by atoms with Crippen molar-refractivity contribution >= 4 is 10.2 Å². The molecule has 1 fully saturated rings. The third-order valence-corrected chi connectivity index (χ3v) is 5.39. The number of rotatable bonds is 7. The molecule has 108 valence electrons. The summed E-state index contributed by atoms with van der Waals surface area (Å²) in [4.78, 5) is 0. The highest BCUT2D eigenvalue weighted by Gasteiger charge is 2.31. The minimum Gasteiger partial charge on any atom is -0.394 e. The first-order chi connectivity index (χ1) is 8.56. The Balaban J connectivity index is 2.51. The molecule has 0 unspecified atom stereocenters. The fourth-order valence-electron chi connectivity index (χ4n) is 2.16. The monoisotopic (exact) mass is 280 g/mol. The quantitative estimate of drug-likeness (QED) is 0.715. The molecule has 0 bridgehead atoms. The van der Waals surface area contributed by atoms with Crippen molar-refractivity contribution in [2.24, 2.45) is 0 Å². The second-order valence-electron chi connectivity index (χ2n) is 4.28. The third-order valence-electron chi connectivity index (χ3n) is 3.20. The number of hydrogen-bond acceptors (Lipinski definition) is 4. The summed E-state index contributed by atoms with van der Waals surface area (Å²) in [6.07, 6.45) is 1.46. The molecule has 6 nitrogen and oxygen atoms in total. The number of piperidine rings is 1. The van der Waals surface area contributed by atoms with Gasteiger partial charge in [0, 0.05) is 26.2 Å². The maximum atomic E-state index is 12.2. The van der Waals surface area contributed by atoms with Crippen molar-refractivity contribution in [2.45, 2.75) is 32.8 Å². The zero-order valence-corrected chi connectivity index (χ0v) is 12.0. The van der Waals surface area contributed by atoms with Crippen molar-refractivity contribution in [1.29, 1.82) is 0 Å². The normalized spacial score (nSPS) is 19.6. The second kappa shape index (κ2) is 7.40. The maximum Gasteiger partial charge on any atom is 0.281 e. The van der Waals surface area contributed by atoms with Crippen LogP contribution in [0.15, 0.2) is 0 Å². The molecule has 0 aliphatic carbocycles. The van der Waals surface area contributed by atoms with Crippen molar-refractivity contribution in [3.05, 3.63) is 0 Å². The Labute approximate surface area is 110 Å². The standard InChI is InChI=1S/C11H24N2O4S/c1-3-12(4-2)18(15,16)13-7-5-11(6-8-13)17-10-9-14/h11,14H,3-10H2,1-2H3. The van der Waals surface area contributed by atoms with Gasteiger partial charge in [-0.3, -0.25) is 0 Å². The molecular weight excluding hydrogens is 256 g/mol. The van der Waals surface area contributed by atoms with Crippen LogP contribution in [0.1, 0.15) is 26.7 Å². The molecule has 7 heteroatoms. The largest absolute Gasteiger partial charge is 0.394 e. The van der Waals surface area contributed by atoms with Gasteiger partial charge in [-0.15, -0.1) is 0 Å². The number of aliphatic hydroxyl groups excluding tert-OH is 1. The molecule has 1 rings (SSSR count). The lowest BCUT2D eigenvalue weighted by Crippen LogP contribution is -2.48. The lowest BCUT2D eigenvalue weighted by molar-refractivity contribution is 0.00259. The van der Waals surface area contributed by atoms with Crippen LogP contribution in [-0.2, 0) is 14.9 Å². The molecular formula is C11H24N2O4S. The van der Waals surface area contributed by atoms with Gasteiger partial charge in [-0.2, -0.15) is 17.0 Å². The van der Waals surface area contributed by atoms with E-state index in [-0.39, 0.29) is 12.7 Å². The van der Waals surface area contributed by atoms with Gasteiger partial charge in [0.1, 0.15) is 0 Å². The van der Waals surface area contributed by atoms with Gasteiger partial charge in [0.05, 0.1) is 19.3 Å². The van der Waals surface area contributed by atoms with Crippen LogP contribution in [0.5, 0.6) is 0 Å². The molecule has 1 aliphatic rings. The predicted octanol–water partition coefficient (Wildman–Crippen LogP) is 0.0463. The fraction of sp³-hybridized carbons (Fsp3) is 1.00. The Morgan fingerprint density at radius 3 is 2.28 bits per heavy atom. The van der Waals surface area contributed by atoms with Crippen molar-refractivity contribution in [1.82, 2.24) is 8.61 Å². The molecule has 0 aromatic heterocycles. The minimum atomic E-state index is -3.31. The van der Waals surface area contributed by atoms with E-state index in [1.807, 2.05) is 13.8 Å². The van der Waals surface area contributed by atoms with Gasteiger partial charge in [-0.05, 0) is 12.8 Å². The summed E-state index contributed by atoms with van der Waals surface area (Å²) in [5.41, 5.74) is 0. The lowest BCUT2D eigenvalue weighted by atomic mass is 10.1. The zero-order chi connectivity index (χ0) is 13.6. The van der Waals surface area contributed by atoms with E-state index in [4.69, 9.17) is 9.84 Å². The minimum absolute atomic E-state index is 0.0119. The Morgan fingerprint density at radius 2 is 1.83 bits per heavy atom. The number of hydrogen-bond donors (Lipinski definition) is 1. The predicted molar refractivity (Wildman–Crippen MR) is 69.5 cm³/mol. The van der Waals surface area contributed by atoms with Crippen LogP contribution in [0.3, 0.4) is 0 Å². The van der Waals surface area contributed by atoms with Crippen molar-refractivity contribution in [3.8, 4) is 0 Å². The summed E-state index contributed by atoms with van der Waals surface area (Å²) in [6.45, 7) is 6.02. The number of ether oxygens (including phenoxy) is 1. The van der Waals surface area contributed by atoms with Gasteiger partial charge in [-0.25, -0.2) is 0 Å². The van der Waals surface area contributed by atoms with E-state index < -0.39 is 10.2 Å². The first kappa shape index (κ1) is 15.8. The summed E-state index contributed by atoms with van der Waals surface area (Å²) in [5.74, 6) is 0. The summed E-state index contributed by atoms with van der Waals surface area (Å²) in [7, 11) is -3.31. The molecule has 1 saturated heterocycles. The summed E-state index contributed by atoms with van der Waals surface area (Å²) < 4.78 is 32.9. The Bertz CT molecular complexity index is 322. The van der Waals surface area contributed by atoms with Crippen molar-refractivity contribution < 1.29 is 18.3 Å². The van der Waals surface area contributed by atoms with Crippen LogP contribution in [0.25, 0.3) is 0 Å². The average Bonchev–Trinajstić information content (AvgIpc) is 2.38. The van der Waals surface area contributed by atoms with Crippen LogP contribution in [-0.4, -0.2) is 67.6 Å². The molecule has 1 aliphatic heterocycles. The third kappa shape index (κ3) is 3.89. The molecule has 0 aromatic carbocycles. The van der Waals surface area contributed by atoms with E-state index in [0.717, 1.165) is 0 Å². The number of aliphatic hydroxyl groups is 1. The van der Waals surface area contributed by atoms with E-state index in [1.165, 1.54) is 8.61 Å². The molecule has 18 heavy (non-hydrogen) atoms. The first-order valence-electron chi connectivity index (χ1n) is 6.53.